The van der Waals surface area contributed by atoms with Crippen molar-refractivity contribution in [3.63, 3.8) is 0 Å². The lowest BCUT2D eigenvalue weighted by atomic mass is 10.0. The summed E-state index contributed by atoms with van der Waals surface area (Å²) in [5.41, 5.74) is 1.67. The molecular formula is C16H18O3. The fourth-order valence-corrected chi connectivity index (χ4v) is 2.11. The molecule has 1 aliphatic rings. The molecular weight excluding hydrogens is 240 g/mol. The maximum Gasteiger partial charge on any atom is 0.346 e. The van der Waals surface area contributed by atoms with E-state index in [1.54, 1.807) is 12.1 Å². The van der Waals surface area contributed by atoms with Crippen LogP contribution in [0.4, 0.5) is 0 Å². The molecule has 1 aromatic carbocycles. The lowest BCUT2D eigenvalue weighted by Gasteiger charge is -1.97. The van der Waals surface area contributed by atoms with Crippen molar-refractivity contribution in [2.75, 3.05) is 0 Å². The molecule has 0 saturated carbocycles. The molecule has 0 N–H and O–H groups in total. The van der Waals surface area contributed by atoms with Gasteiger partial charge >= 0.3 is 11.9 Å². The number of esters is 2. The van der Waals surface area contributed by atoms with E-state index in [0.717, 1.165) is 12.0 Å². The summed E-state index contributed by atoms with van der Waals surface area (Å²) >= 11 is 0. The second-order valence-corrected chi connectivity index (χ2v) is 4.73. The van der Waals surface area contributed by atoms with Crippen molar-refractivity contribution in [3.8, 4) is 0 Å². The van der Waals surface area contributed by atoms with Gasteiger partial charge in [-0.05, 0) is 30.5 Å². The van der Waals surface area contributed by atoms with E-state index in [9.17, 15) is 9.59 Å². The van der Waals surface area contributed by atoms with Crippen LogP contribution in [-0.2, 0) is 4.74 Å². The molecule has 0 spiro atoms. The van der Waals surface area contributed by atoms with Gasteiger partial charge in [0.25, 0.3) is 0 Å². The Morgan fingerprint density at radius 1 is 1.05 bits per heavy atom. The molecule has 100 valence electrons. The summed E-state index contributed by atoms with van der Waals surface area (Å²) in [5, 5.41) is 0. The SMILES string of the molecule is CCCCCCC=Cc1ccc2c(c1)C(=O)OC2=O. The van der Waals surface area contributed by atoms with Gasteiger partial charge in [-0.2, -0.15) is 0 Å². The Labute approximate surface area is 113 Å². The first-order valence-corrected chi connectivity index (χ1v) is 6.79. The number of hydrogen-bond acceptors (Lipinski definition) is 3. The summed E-state index contributed by atoms with van der Waals surface area (Å²) in [7, 11) is 0. The molecule has 3 heteroatoms. The van der Waals surface area contributed by atoms with Gasteiger partial charge in [-0.25, -0.2) is 9.59 Å². The first-order chi connectivity index (χ1) is 9.22. The average molecular weight is 258 g/mol. The highest BCUT2D eigenvalue weighted by atomic mass is 16.6. The van der Waals surface area contributed by atoms with Crippen molar-refractivity contribution in [2.45, 2.75) is 39.0 Å². The van der Waals surface area contributed by atoms with E-state index in [2.05, 4.69) is 17.7 Å². The Bertz CT molecular complexity index is 515. The van der Waals surface area contributed by atoms with Crippen LogP contribution in [0.1, 0.15) is 65.3 Å². The van der Waals surface area contributed by atoms with Crippen LogP contribution >= 0.6 is 0 Å². The standard InChI is InChI=1S/C16H18O3/c1-2-3-4-5-6-7-8-12-9-10-13-14(11-12)16(18)19-15(13)17/h7-11H,2-6H2,1H3. The third kappa shape index (κ3) is 3.31. The first-order valence-electron chi connectivity index (χ1n) is 6.79. The van der Waals surface area contributed by atoms with Gasteiger partial charge in [0.2, 0.25) is 0 Å². The number of unbranched alkanes of at least 4 members (excludes halogenated alkanes) is 4. The normalized spacial score (nSPS) is 13.9. The Kier molecular flexibility index (Phi) is 4.50. The molecule has 0 atom stereocenters. The van der Waals surface area contributed by atoms with E-state index in [1.807, 2.05) is 12.1 Å². The number of ether oxygens (including phenoxy) is 1. The number of fused-ring (bicyclic) bond motifs is 1. The monoisotopic (exact) mass is 258 g/mol. The van der Waals surface area contributed by atoms with Crippen molar-refractivity contribution in [1.82, 2.24) is 0 Å². The van der Waals surface area contributed by atoms with E-state index in [0.29, 0.717) is 11.1 Å². The Hall–Kier alpha value is -1.90. The van der Waals surface area contributed by atoms with E-state index in [4.69, 9.17) is 0 Å². The molecule has 0 radical (unpaired) electrons. The number of carbonyl (C=O) groups is 2. The van der Waals surface area contributed by atoms with Gasteiger partial charge in [0.15, 0.2) is 0 Å². The van der Waals surface area contributed by atoms with Crippen LogP contribution in [0.2, 0.25) is 0 Å². The van der Waals surface area contributed by atoms with E-state index < -0.39 is 11.9 Å². The number of benzene rings is 1. The summed E-state index contributed by atoms with van der Waals surface area (Å²) < 4.78 is 4.55. The van der Waals surface area contributed by atoms with Crippen LogP contribution in [0.3, 0.4) is 0 Å². The Morgan fingerprint density at radius 3 is 2.63 bits per heavy atom. The molecule has 1 heterocycles. The van der Waals surface area contributed by atoms with Crippen molar-refractivity contribution < 1.29 is 14.3 Å². The zero-order valence-electron chi connectivity index (χ0n) is 11.1. The van der Waals surface area contributed by atoms with E-state index >= 15 is 0 Å². The first kappa shape index (κ1) is 13.5. The number of cyclic esters (lactones) is 2. The van der Waals surface area contributed by atoms with Crippen LogP contribution in [0.25, 0.3) is 6.08 Å². The summed E-state index contributed by atoms with van der Waals surface area (Å²) in [5.74, 6) is -1.09. The van der Waals surface area contributed by atoms with Crippen molar-refractivity contribution >= 4 is 18.0 Å². The summed E-state index contributed by atoms with van der Waals surface area (Å²) in [4.78, 5) is 22.7. The molecule has 1 aliphatic heterocycles. The van der Waals surface area contributed by atoms with Crippen LogP contribution in [-0.4, -0.2) is 11.9 Å². The van der Waals surface area contributed by atoms with Crippen molar-refractivity contribution in [3.05, 3.63) is 41.0 Å². The molecule has 0 saturated heterocycles. The smallest absolute Gasteiger partial charge is 0.346 e. The third-order valence-corrected chi connectivity index (χ3v) is 3.20. The van der Waals surface area contributed by atoms with Crippen LogP contribution < -0.4 is 0 Å². The fraction of sp³-hybridized carbons (Fsp3) is 0.375. The Morgan fingerprint density at radius 2 is 1.84 bits per heavy atom. The zero-order chi connectivity index (χ0) is 13.7. The molecule has 0 aromatic heterocycles. The third-order valence-electron chi connectivity index (χ3n) is 3.20. The van der Waals surface area contributed by atoms with Gasteiger partial charge in [0.1, 0.15) is 0 Å². The minimum atomic E-state index is -0.546. The predicted octanol–water partition coefficient (Wildman–Crippen LogP) is 3.98. The Balaban J connectivity index is 1.95. The molecule has 0 unspecified atom stereocenters. The number of hydrogen-bond donors (Lipinski definition) is 0. The van der Waals surface area contributed by atoms with Crippen LogP contribution in [0.15, 0.2) is 24.3 Å². The van der Waals surface area contributed by atoms with Crippen molar-refractivity contribution in [2.24, 2.45) is 0 Å². The number of carbonyl (C=O) groups excluding carboxylic acids is 2. The molecule has 0 amide bonds. The van der Waals surface area contributed by atoms with Crippen LogP contribution in [0, 0.1) is 0 Å². The molecule has 2 rings (SSSR count). The van der Waals surface area contributed by atoms with Gasteiger partial charge in [-0.15, -0.1) is 0 Å². The van der Waals surface area contributed by atoms with E-state index in [-0.39, 0.29) is 0 Å². The maximum absolute atomic E-state index is 11.4. The number of allylic oxidation sites excluding steroid dienone is 1. The molecule has 1 aromatic rings. The lowest BCUT2D eigenvalue weighted by molar-refractivity contribution is 0.0444. The molecule has 0 aliphatic carbocycles. The summed E-state index contributed by atoms with van der Waals surface area (Å²) in [6, 6.07) is 5.20. The minimum Gasteiger partial charge on any atom is -0.386 e. The summed E-state index contributed by atoms with van der Waals surface area (Å²) in [6.07, 6.45) is 10.1. The van der Waals surface area contributed by atoms with E-state index in [1.165, 1.54) is 25.7 Å². The highest BCUT2D eigenvalue weighted by molar-refractivity contribution is 6.14. The zero-order valence-corrected chi connectivity index (χ0v) is 11.1. The molecule has 0 bridgehead atoms. The van der Waals surface area contributed by atoms with Crippen LogP contribution in [0.5, 0.6) is 0 Å². The second-order valence-electron chi connectivity index (χ2n) is 4.73. The largest absolute Gasteiger partial charge is 0.386 e. The molecule has 0 fully saturated rings. The minimum absolute atomic E-state index is 0.366. The van der Waals surface area contributed by atoms with Crippen molar-refractivity contribution in [1.29, 1.82) is 0 Å². The molecule has 19 heavy (non-hydrogen) atoms. The van der Waals surface area contributed by atoms with Gasteiger partial charge < -0.3 is 4.74 Å². The topological polar surface area (TPSA) is 43.4 Å². The van der Waals surface area contributed by atoms with Gasteiger partial charge in [0, 0.05) is 0 Å². The highest BCUT2D eigenvalue weighted by Gasteiger charge is 2.29. The number of rotatable bonds is 6. The van der Waals surface area contributed by atoms with Gasteiger partial charge in [0.05, 0.1) is 11.1 Å². The predicted molar refractivity (Wildman–Crippen MR) is 74.0 cm³/mol. The molecule has 3 nitrogen and oxygen atoms in total. The lowest BCUT2D eigenvalue weighted by Crippen LogP contribution is -1.96. The van der Waals surface area contributed by atoms with Gasteiger partial charge in [-0.3, -0.25) is 0 Å². The average Bonchev–Trinajstić information content (AvgIpc) is 2.69. The highest BCUT2D eigenvalue weighted by Crippen LogP contribution is 2.21. The van der Waals surface area contributed by atoms with Gasteiger partial charge in [-0.1, -0.05) is 44.4 Å². The quantitative estimate of drug-likeness (QED) is 0.440. The fourth-order valence-electron chi connectivity index (χ4n) is 2.11. The summed E-state index contributed by atoms with van der Waals surface area (Å²) in [6.45, 7) is 2.20. The second kappa shape index (κ2) is 6.32. The maximum atomic E-state index is 11.4.